The van der Waals surface area contributed by atoms with Gasteiger partial charge in [0.1, 0.15) is 0 Å². The van der Waals surface area contributed by atoms with Gasteiger partial charge in [-0.1, -0.05) is 6.92 Å². The Hall–Kier alpha value is -0.260. The fourth-order valence-electron chi connectivity index (χ4n) is 3.01. The van der Waals surface area contributed by atoms with Crippen LogP contribution in [0.15, 0.2) is 0 Å². The minimum Gasteiger partial charge on any atom is -0.343 e. The van der Waals surface area contributed by atoms with Gasteiger partial charge in [-0.05, 0) is 19.3 Å². The van der Waals surface area contributed by atoms with E-state index in [0.717, 1.165) is 44.8 Å². The van der Waals surface area contributed by atoms with Crippen molar-refractivity contribution >= 4 is 17.7 Å². The first kappa shape index (κ1) is 15.1. The molecule has 5 heteroatoms. The van der Waals surface area contributed by atoms with Gasteiger partial charge in [0.05, 0.1) is 0 Å². The van der Waals surface area contributed by atoms with E-state index in [1.807, 2.05) is 16.7 Å². The quantitative estimate of drug-likeness (QED) is 0.842. The van der Waals surface area contributed by atoms with Crippen LogP contribution in [0.2, 0.25) is 0 Å². The first-order valence-corrected chi connectivity index (χ1v) is 8.59. The average Bonchev–Trinajstić information content (AvgIpc) is 2.45. The number of thioether (sulfide) groups is 1. The molecule has 0 radical (unpaired) electrons. The highest BCUT2D eigenvalue weighted by atomic mass is 32.2. The van der Waals surface area contributed by atoms with E-state index in [2.05, 4.69) is 11.8 Å². The van der Waals surface area contributed by atoms with Crippen LogP contribution in [-0.4, -0.2) is 65.5 Å². The summed E-state index contributed by atoms with van der Waals surface area (Å²) in [7, 11) is 0. The van der Waals surface area contributed by atoms with Crippen molar-refractivity contribution in [3.05, 3.63) is 0 Å². The maximum absolute atomic E-state index is 12.3. The van der Waals surface area contributed by atoms with Crippen molar-refractivity contribution in [2.45, 2.75) is 43.9 Å². The minimum atomic E-state index is 0.234. The summed E-state index contributed by atoms with van der Waals surface area (Å²) in [5.41, 5.74) is 5.91. The number of piperidine rings is 1. The second-order valence-electron chi connectivity index (χ2n) is 5.71. The molecule has 2 heterocycles. The monoisotopic (exact) mass is 285 g/mol. The summed E-state index contributed by atoms with van der Waals surface area (Å²) in [4.78, 5) is 16.8. The first-order chi connectivity index (χ1) is 9.20. The zero-order chi connectivity index (χ0) is 13.7. The summed E-state index contributed by atoms with van der Waals surface area (Å²) in [5.74, 6) is 1.47. The molecule has 0 aromatic heterocycles. The topological polar surface area (TPSA) is 49.6 Å². The maximum Gasteiger partial charge on any atom is 0.224 e. The highest BCUT2D eigenvalue weighted by Crippen LogP contribution is 2.21. The number of carbonyl (C=O) groups is 1. The Bertz CT molecular complexity index is 294. The normalized spacial score (nSPS) is 27.3. The van der Waals surface area contributed by atoms with E-state index in [1.165, 1.54) is 6.42 Å². The van der Waals surface area contributed by atoms with Crippen molar-refractivity contribution in [2.75, 3.05) is 38.5 Å². The molecule has 2 aliphatic rings. The van der Waals surface area contributed by atoms with Crippen LogP contribution in [0.5, 0.6) is 0 Å². The highest BCUT2D eigenvalue weighted by molar-refractivity contribution is 7.99. The molecule has 19 heavy (non-hydrogen) atoms. The summed E-state index contributed by atoms with van der Waals surface area (Å²) in [5, 5.41) is 0.660. The van der Waals surface area contributed by atoms with Crippen molar-refractivity contribution < 1.29 is 4.79 Å². The van der Waals surface area contributed by atoms with E-state index < -0.39 is 0 Å². The van der Waals surface area contributed by atoms with Gasteiger partial charge in [0.15, 0.2) is 0 Å². The van der Waals surface area contributed by atoms with Gasteiger partial charge < -0.3 is 10.6 Å². The van der Waals surface area contributed by atoms with Gasteiger partial charge in [0, 0.05) is 56.2 Å². The number of carbonyl (C=O) groups excluding carboxylic acids is 1. The smallest absolute Gasteiger partial charge is 0.224 e. The molecule has 0 aromatic carbocycles. The second-order valence-corrected chi connectivity index (χ2v) is 7.26. The fourth-order valence-corrected chi connectivity index (χ4v) is 4.05. The number of hydrogen-bond donors (Lipinski definition) is 1. The lowest BCUT2D eigenvalue weighted by molar-refractivity contribution is -0.133. The van der Waals surface area contributed by atoms with Crippen molar-refractivity contribution in [2.24, 2.45) is 5.73 Å². The van der Waals surface area contributed by atoms with Gasteiger partial charge in [-0.3, -0.25) is 9.69 Å². The molecule has 1 amide bonds. The van der Waals surface area contributed by atoms with Crippen LogP contribution < -0.4 is 5.73 Å². The molecule has 0 bridgehead atoms. The van der Waals surface area contributed by atoms with Gasteiger partial charge in [-0.15, -0.1) is 0 Å². The van der Waals surface area contributed by atoms with Crippen LogP contribution in [0, 0.1) is 0 Å². The maximum atomic E-state index is 12.3. The largest absolute Gasteiger partial charge is 0.343 e. The molecule has 0 spiro atoms. The molecule has 2 rings (SSSR count). The predicted octanol–water partition coefficient (Wildman–Crippen LogP) is 1.15. The SMILES string of the molecule is CC1CN(C(CN)CC(=O)N2CCCCC2)CCS1. The molecular formula is C14H27N3OS. The molecular weight excluding hydrogens is 258 g/mol. The fraction of sp³-hybridized carbons (Fsp3) is 0.929. The zero-order valence-corrected chi connectivity index (χ0v) is 12.8. The number of likely N-dealkylation sites (tertiary alicyclic amines) is 1. The zero-order valence-electron chi connectivity index (χ0n) is 12.0. The number of rotatable bonds is 4. The Morgan fingerprint density at radius 2 is 2.05 bits per heavy atom. The molecule has 2 N–H and O–H groups in total. The highest BCUT2D eigenvalue weighted by Gasteiger charge is 2.27. The molecule has 4 nitrogen and oxygen atoms in total. The van der Waals surface area contributed by atoms with E-state index in [9.17, 15) is 4.79 Å². The standard InChI is InChI=1S/C14H27N3OS/c1-12-11-17(7-8-19-12)13(10-15)9-14(18)16-5-3-2-4-6-16/h12-13H,2-11,15H2,1H3. The Morgan fingerprint density at radius 1 is 1.32 bits per heavy atom. The molecule has 2 atom stereocenters. The van der Waals surface area contributed by atoms with Crippen molar-refractivity contribution in [1.82, 2.24) is 9.80 Å². The third-order valence-electron chi connectivity index (χ3n) is 4.18. The molecule has 2 fully saturated rings. The summed E-state index contributed by atoms with van der Waals surface area (Å²) in [6.45, 7) is 6.89. The van der Waals surface area contributed by atoms with Crippen molar-refractivity contribution in [1.29, 1.82) is 0 Å². The number of hydrogen-bond acceptors (Lipinski definition) is 4. The van der Waals surface area contributed by atoms with Gasteiger partial charge >= 0.3 is 0 Å². The van der Waals surface area contributed by atoms with Crippen LogP contribution in [0.4, 0.5) is 0 Å². The Balaban J connectivity index is 1.85. The lowest BCUT2D eigenvalue weighted by atomic mass is 10.1. The Morgan fingerprint density at radius 3 is 2.68 bits per heavy atom. The summed E-state index contributed by atoms with van der Waals surface area (Å²) >= 11 is 2.02. The summed E-state index contributed by atoms with van der Waals surface area (Å²) < 4.78 is 0. The molecule has 110 valence electrons. The summed E-state index contributed by atoms with van der Waals surface area (Å²) in [6.07, 6.45) is 4.20. The van der Waals surface area contributed by atoms with Crippen LogP contribution in [-0.2, 0) is 4.79 Å². The average molecular weight is 285 g/mol. The molecule has 2 unspecified atom stereocenters. The molecule has 0 saturated carbocycles. The Labute approximate surface area is 121 Å². The molecule has 0 aromatic rings. The van der Waals surface area contributed by atoms with Crippen LogP contribution in [0.25, 0.3) is 0 Å². The van der Waals surface area contributed by atoms with Gasteiger partial charge in [-0.25, -0.2) is 0 Å². The van der Waals surface area contributed by atoms with Crippen LogP contribution in [0.1, 0.15) is 32.6 Å². The number of amides is 1. The number of nitrogens with two attached hydrogens (primary N) is 1. The lowest BCUT2D eigenvalue weighted by Gasteiger charge is -2.37. The molecule has 2 aliphatic heterocycles. The lowest BCUT2D eigenvalue weighted by Crippen LogP contribution is -2.49. The molecule has 2 saturated heterocycles. The van der Waals surface area contributed by atoms with Gasteiger partial charge in [0.2, 0.25) is 5.91 Å². The van der Waals surface area contributed by atoms with Crippen LogP contribution in [0.3, 0.4) is 0 Å². The van der Waals surface area contributed by atoms with Gasteiger partial charge in [0.25, 0.3) is 0 Å². The van der Waals surface area contributed by atoms with Crippen molar-refractivity contribution in [3.63, 3.8) is 0 Å². The number of nitrogens with zero attached hydrogens (tertiary/aromatic N) is 2. The third-order valence-corrected chi connectivity index (χ3v) is 5.32. The first-order valence-electron chi connectivity index (χ1n) is 7.54. The van der Waals surface area contributed by atoms with Gasteiger partial charge in [-0.2, -0.15) is 11.8 Å². The summed E-state index contributed by atoms with van der Waals surface area (Å²) in [6, 6.07) is 0.234. The van der Waals surface area contributed by atoms with Crippen molar-refractivity contribution in [3.8, 4) is 0 Å². The minimum absolute atomic E-state index is 0.234. The Kier molecular flexibility index (Phi) is 5.98. The third kappa shape index (κ3) is 4.36. The van der Waals surface area contributed by atoms with Crippen LogP contribution >= 0.6 is 11.8 Å². The molecule has 0 aliphatic carbocycles. The van der Waals surface area contributed by atoms with E-state index in [0.29, 0.717) is 24.1 Å². The van der Waals surface area contributed by atoms with E-state index in [1.54, 1.807) is 0 Å². The predicted molar refractivity (Wildman–Crippen MR) is 81.4 cm³/mol. The van der Waals surface area contributed by atoms with E-state index in [4.69, 9.17) is 5.73 Å². The van der Waals surface area contributed by atoms with E-state index in [-0.39, 0.29) is 6.04 Å². The van der Waals surface area contributed by atoms with E-state index >= 15 is 0 Å². The second kappa shape index (κ2) is 7.50.